The maximum absolute atomic E-state index is 10.4. The molecule has 3 heteroatoms. The van der Waals surface area contributed by atoms with Crippen molar-refractivity contribution in [2.45, 2.75) is 32.7 Å². The molecule has 10 heavy (non-hydrogen) atoms. The van der Waals surface area contributed by atoms with Gasteiger partial charge in [-0.05, 0) is 6.42 Å². The summed E-state index contributed by atoms with van der Waals surface area (Å²) in [4.78, 5) is 10.4. The van der Waals surface area contributed by atoms with E-state index in [4.69, 9.17) is 5.11 Å². The number of aliphatic hydroxyl groups excluding tert-OH is 1. The van der Waals surface area contributed by atoms with E-state index in [-0.39, 0.29) is 18.6 Å². The molecule has 60 valence electrons. The van der Waals surface area contributed by atoms with Gasteiger partial charge in [0.1, 0.15) is 0 Å². The SMILES string of the molecule is CC.O=C1CC[C@@H](CO)N1. The van der Waals surface area contributed by atoms with Gasteiger partial charge in [-0.15, -0.1) is 0 Å². The van der Waals surface area contributed by atoms with E-state index in [0.717, 1.165) is 6.42 Å². The summed E-state index contributed by atoms with van der Waals surface area (Å²) in [5.41, 5.74) is 0. The molecule has 1 saturated heterocycles. The van der Waals surface area contributed by atoms with E-state index in [1.807, 2.05) is 13.8 Å². The van der Waals surface area contributed by atoms with E-state index in [1.165, 1.54) is 0 Å². The van der Waals surface area contributed by atoms with Gasteiger partial charge in [0.05, 0.1) is 12.6 Å². The van der Waals surface area contributed by atoms with E-state index in [2.05, 4.69) is 5.32 Å². The van der Waals surface area contributed by atoms with Gasteiger partial charge in [0.15, 0.2) is 0 Å². The Labute approximate surface area is 61.4 Å². The largest absolute Gasteiger partial charge is 0.394 e. The number of carbonyl (C=O) groups excluding carboxylic acids is 1. The van der Waals surface area contributed by atoms with E-state index < -0.39 is 0 Å². The van der Waals surface area contributed by atoms with Crippen LogP contribution in [0.3, 0.4) is 0 Å². The molecular weight excluding hydrogens is 130 g/mol. The lowest BCUT2D eigenvalue weighted by atomic mass is 10.2. The van der Waals surface area contributed by atoms with Crippen LogP contribution >= 0.6 is 0 Å². The number of hydrogen-bond acceptors (Lipinski definition) is 2. The van der Waals surface area contributed by atoms with Crippen LogP contribution in [-0.2, 0) is 4.79 Å². The number of carbonyl (C=O) groups is 1. The molecule has 0 aromatic heterocycles. The maximum atomic E-state index is 10.4. The van der Waals surface area contributed by atoms with Gasteiger partial charge in [0, 0.05) is 6.42 Å². The maximum Gasteiger partial charge on any atom is 0.220 e. The summed E-state index contributed by atoms with van der Waals surface area (Å²) in [5, 5.41) is 11.1. The Kier molecular flexibility index (Phi) is 4.94. The van der Waals surface area contributed by atoms with E-state index in [9.17, 15) is 4.79 Å². The molecule has 0 spiro atoms. The van der Waals surface area contributed by atoms with Crippen molar-refractivity contribution < 1.29 is 9.90 Å². The zero-order chi connectivity index (χ0) is 7.98. The smallest absolute Gasteiger partial charge is 0.220 e. The molecule has 0 bridgehead atoms. The predicted molar refractivity (Wildman–Crippen MR) is 39.6 cm³/mol. The highest BCUT2D eigenvalue weighted by Crippen LogP contribution is 2.04. The van der Waals surface area contributed by atoms with Crippen LogP contribution in [-0.4, -0.2) is 23.7 Å². The third-order valence-corrected chi connectivity index (χ3v) is 1.31. The fourth-order valence-electron chi connectivity index (χ4n) is 0.814. The molecule has 1 fully saturated rings. The van der Waals surface area contributed by atoms with Crippen LogP contribution < -0.4 is 5.32 Å². The number of hydrogen-bond donors (Lipinski definition) is 2. The molecule has 3 nitrogen and oxygen atoms in total. The first kappa shape index (κ1) is 9.43. The summed E-state index contributed by atoms with van der Waals surface area (Å²) >= 11 is 0. The number of amides is 1. The first-order chi connectivity index (χ1) is 4.83. The van der Waals surface area contributed by atoms with Gasteiger partial charge in [-0.3, -0.25) is 4.79 Å². The molecule has 1 atom stereocenters. The Balaban J connectivity index is 0.000000371. The van der Waals surface area contributed by atoms with Crippen molar-refractivity contribution in [2.75, 3.05) is 6.61 Å². The summed E-state index contributed by atoms with van der Waals surface area (Å²) in [6.45, 7) is 4.08. The quantitative estimate of drug-likeness (QED) is 0.557. The van der Waals surface area contributed by atoms with E-state index in [1.54, 1.807) is 0 Å². The normalized spacial score (nSPS) is 23.1. The van der Waals surface area contributed by atoms with E-state index >= 15 is 0 Å². The van der Waals surface area contributed by atoms with Crippen molar-refractivity contribution in [3.63, 3.8) is 0 Å². The highest BCUT2D eigenvalue weighted by Gasteiger charge is 2.18. The van der Waals surface area contributed by atoms with Gasteiger partial charge in [-0.2, -0.15) is 0 Å². The average Bonchev–Trinajstić information content (AvgIpc) is 2.40. The number of rotatable bonds is 1. The van der Waals surface area contributed by atoms with Crippen LogP contribution in [0.5, 0.6) is 0 Å². The fraction of sp³-hybridized carbons (Fsp3) is 0.857. The first-order valence-electron chi connectivity index (χ1n) is 3.73. The molecule has 0 aromatic rings. The van der Waals surface area contributed by atoms with Gasteiger partial charge < -0.3 is 10.4 Å². The monoisotopic (exact) mass is 145 g/mol. The Morgan fingerprint density at radius 3 is 2.50 bits per heavy atom. The van der Waals surface area contributed by atoms with Gasteiger partial charge in [0.2, 0.25) is 5.91 Å². The highest BCUT2D eigenvalue weighted by atomic mass is 16.3. The zero-order valence-electron chi connectivity index (χ0n) is 6.55. The van der Waals surface area contributed by atoms with Crippen LogP contribution in [0.15, 0.2) is 0 Å². The Morgan fingerprint density at radius 2 is 2.30 bits per heavy atom. The molecule has 1 rings (SSSR count). The summed E-state index contributed by atoms with van der Waals surface area (Å²) in [6, 6.07) is 0.0301. The van der Waals surface area contributed by atoms with Crippen molar-refractivity contribution in [3.8, 4) is 0 Å². The molecule has 0 aliphatic carbocycles. The fourth-order valence-corrected chi connectivity index (χ4v) is 0.814. The zero-order valence-corrected chi connectivity index (χ0v) is 6.55. The molecule has 1 aliphatic rings. The second kappa shape index (κ2) is 5.23. The van der Waals surface area contributed by atoms with Crippen LogP contribution in [0.1, 0.15) is 26.7 Å². The average molecular weight is 145 g/mol. The molecule has 0 aromatic carbocycles. The molecule has 2 N–H and O–H groups in total. The summed E-state index contributed by atoms with van der Waals surface area (Å²) in [6.07, 6.45) is 1.36. The molecule has 0 unspecified atom stereocenters. The second-order valence-electron chi connectivity index (χ2n) is 1.99. The number of aliphatic hydroxyl groups is 1. The van der Waals surface area contributed by atoms with E-state index in [0.29, 0.717) is 6.42 Å². The van der Waals surface area contributed by atoms with Gasteiger partial charge in [0.25, 0.3) is 0 Å². The molecule has 1 amide bonds. The Bertz CT molecular complexity index is 104. The molecule has 1 heterocycles. The minimum absolute atomic E-state index is 0.0301. The van der Waals surface area contributed by atoms with Gasteiger partial charge >= 0.3 is 0 Å². The lowest BCUT2D eigenvalue weighted by Crippen LogP contribution is -2.28. The Morgan fingerprint density at radius 1 is 1.70 bits per heavy atom. The molecule has 0 radical (unpaired) electrons. The summed E-state index contributed by atoms with van der Waals surface area (Å²) < 4.78 is 0. The van der Waals surface area contributed by atoms with Crippen LogP contribution in [0.4, 0.5) is 0 Å². The lowest BCUT2D eigenvalue weighted by molar-refractivity contribution is -0.119. The first-order valence-corrected chi connectivity index (χ1v) is 3.73. The van der Waals surface area contributed by atoms with Gasteiger partial charge in [-0.1, -0.05) is 13.8 Å². The van der Waals surface area contributed by atoms with Crippen LogP contribution in [0, 0.1) is 0 Å². The summed E-state index contributed by atoms with van der Waals surface area (Å²) in [5.74, 6) is 0.0593. The minimum atomic E-state index is 0.0301. The number of nitrogens with one attached hydrogen (secondary N) is 1. The van der Waals surface area contributed by atoms with Crippen molar-refractivity contribution in [1.29, 1.82) is 0 Å². The molecule has 1 aliphatic heterocycles. The third kappa shape index (κ3) is 2.82. The van der Waals surface area contributed by atoms with Crippen LogP contribution in [0.2, 0.25) is 0 Å². The lowest BCUT2D eigenvalue weighted by Gasteiger charge is -2.01. The third-order valence-electron chi connectivity index (χ3n) is 1.31. The van der Waals surface area contributed by atoms with Crippen LogP contribution in [0.25, 0.3) is 0 Å². The highest BCUT2D eigenvalue weighted by molar-refractivity contribution is 5.78. The standard InChI is InChI=1S/C5H9NO2.C2H6/c7-3-4-1-2-5(8)6-4;1-2/h4,7H,1-3H2,(H,6,8);1-2H3/t4-;/m0./s1. The molecular formula is C7H15NO2. The van der Waals surface area contributed by atoms with Crippen molar-refractivity contribution in [2.24, 2.45) is 0 Å². The van der Waals surface area contributed by atoms with Gasteiger partial charge in [-0.25, -0.2) is 0 Å². The summed E-state index contributed by atoms with van der Waals surface area (Å²) in [7, 11) is 0. The van der Waals surface area contributed by atoms with Crippen molar-refractivity contribution >= 4 is 5.91 Å². The molecule has 0 saturated carbocycles. The van der Waals surface area contributed by atoms with Crippen molar-refractivity contribution in [3.05, 3.63) is 0 Å². The Hall–Kier alpha value is -0.570. The predicted octanol–water partition coefficient (Wildman–Crippen LogP) is 0.283. The van der Waals surface area contributed by atoms with Crippen molar-refractivity contribution in [1.82, 2.24) is 5.32 Å². The minimum Gasteiger partial charge on any atom is -0.394 e. The topological polar surface area (TPSA) is 49.3 Å². The second-order valence-corrected chi connectivity index (χ2v) is 1.99.